The van der Waals surface area contributed by atoms with Crippen LogP contribution in [-0.2, 0) is 0 Å². The van der Waals surface area contributed by atoms with Crippen molar-refractivity contribution in [1.29, 1.82) is 0 Å². The largest absolute Gasteiger partial charge is 0.467 e. The van der Waals surface area contributed by atoms with Crippen molar-refractivity contribution in [1.82, 2.24) is 10.2 Å². The van der Waals surface area contributed by atoms with Gasteiger partial charge >= 0.3 is 6.03 Å². The SMILES string of the molecule is CC(O)CCN(C)C(=O)NC(c1ccccc1)c1ccco1. The van der Waals surface area contributed by atoms with Crippen LogP contribution in [0.4, 0.5) is 4.79 Å². The quantitative estimate of drug-likeness (QED) is 0.862. The van der Waals surface area contributed by atoms with E-state index in [1.54, 1.807) is 31.2 Å². The predicted molar refractivity (Wildman–Crippen MR) is 84.5 cm³/mol. The van der Waals surface area contributed by atoms with Crippen LogP contribution in [0.5, 0.6) is 0 Å². The van der Waals surface area contributed by atoms with Crippen LogP contribution in [0.2, 0.25) is 0 Å². The number of nitrogens with zero attached hydrogens (tertiary/aromatic N) is 1. The first kappa shape index (κ1) is 16.1. The first-order valence-corrected chi connectivity index (χ1v) is 7.36. The molecule has 0 spiro atoms. The molecule has 0 aliphatic carbocycles. The van der Waals surface area contributed by atoms with E-state index in [-0.39, 0.29) is 12.1 Å². The van der Waals surface area contributed by atoms with Gasteiger partial charge in [0.1, 0.15) is 11.8 Å². The van der Waals surface area contributed by atoms with Gasteiger partial charge in [0.15, 0.2) is 0 Å². The van der Waals surface area contributed by atoms with Crippen molar-refractivity contribution in [3.8, 4) is 0 Å². The number of aliphatic hydroxyl groups is 1. The Labute approximate surface area is 130 Å². The molecular formula is C17H22N2O3. The Kier molecular flexibility index (Phi) is 5.61. The van der Waals surface area contributed by atoms with E-state index < -0.39 is 6.10 Å². The molecule has 5 heteroatoms. The van der Waals surface area contributed by atoms with E-state index in [0.29, 0.717) is 18.7 Å². The number of furan rings is 1. The summed E-state index contributed by atoms with van der Waals surface area (Å²) in [5, 5.41) is 12.3. The van der Waals surface area contributed by atoms with E-state index in [2.05, 4.69) is 5.32 Å². The van der Waals surface area contributed by atoms with Crippen LogP contribution in [0.3, 0.4) is 0 Å². The molecule has 0 saturated heterocycles. The molecule has 2 amide bonds. The minimum Gasteiger partial charge on any atom is -0.467 e. The summed E-state index contributed by atoms with van der Waals surface area (Å²) >= 11 is 0. The Morgan fingerprint density at radius 3 is 2.59 bits per heavy atom. The molecule has 2 aromatic rings. The highest BCUT2D eigenvalue weighted by atomic mass is 16.3. The molecule has 0 radical (unpaired) electrons. The Hall–Kier alpha value is -2.27. The van der Waals surface area contributed by atoms with Gasteiger partial charge < -0.3 is 19.7 Å². The third-order valence-electron chi connectivity index (χ3n) is 3.46. The van der Waals surface area contributed by atoms with Gasteiger partial charge in [-0.05, 0) is 31.0 Å². The number of aliphatic hydroxyl groups excluding tert-OH is 1. The number of hydrogen-bond acceptors (Lipinski definition) is 3. The van der Waals surface area contributed by atoms with Crippen LogP contribution >= 0.6 is 0 Å². The maximum atomic E-state index is 12.3. The standard InChI is InChI=1S/C17H22N2O3/c1-13(20)10-11-19(2)17(21)18-16(15-9-6-12-22-15)14-7-4-3-5-8-14/h3-9,12-13,16,20H,10-11H2,1-2H3,(H,18,21). The van der Waals surface area contributed by atoms with E-state index >= 15 is 0 Å². The van der Waals surface area contributed by atoms with Crippen LogP contribution in [0.25, 0.3) is 0 Å². The number of carbonyl (C=O) groups is 1. The number of nitrogens with one attached hydrogen (secondary N) is 1. The third-order valence-corrected chi connectivity index (χ3v) is 3.46. The first-order chi connectivity index (χ1) is 10.6. The zero-order chi connectivity index (χ0) is 15.9. The topological polar surface area (TPSA) is 65.7 Å². The molecule has 0 saturated carbocycles. The highest BCUT2D eigenvalue weighted by Gasteiger charge is 2.21. The first-order valence-electron chi connectivity index (χ1n) is 7.36. The second-order valence-corrected chi connectivity index (χ2v) is 5.37. The highest BCUT2D eigenvalue weighted by molar-refractivity contribution is 5.74. The molecule has 2 rings (SSSR count). The molecule has 2 unspecified atom stereocenters. The van der Waals surface area contributed by atoms with Gasteiger partial charge in [-0.15, -0.1) is 0 Å². The van der Waals surface area contributed by atoms with E-state index in [0.717, 1.165) is 5.56 Å². The van der Waals surface area contributed by atoms with Crippen LogP contribution in [-0.4, -0.2) is 35.7 Å². The second kappa shape index (κ2) is 7.66. The highest BCUT2D eigenvalue weighted by Crippen LogP contribution is 2.22. The maximum absolute atomic E-state index is 12.3. The second-order valence-electron chi connectivity index (χ2n) is 5.37. The molecule has 22 heavy (non-hydrogen) atoms. The van der Waals surface area contributed by atoms with Crippen molar-refractivity contribution in [3.63, 3.8) is 0 Å². The van der Waals surface area contributed by atoms with Gasteiger partial charge in [0, 0.05) is 13.6 Å². The molecule has 0 fully saturated rings. The van der Waals surface area contributed by atoms with Crippen molar-refractivity contribution in [2.75, 3.05) is 13.6 Å². The minimum atomic E-state index is -0.426. The Balaban J connectivity index is 2.09. The number of benzene rings is 1. The number of carbonyl (C=O) groups excluding carboxylic acids is 1. The van der Waals surface area contributed by atoms with Crippen LogP contribution in [0.15, 0.2) is 53.1 Å². The minimum absolute atomic E-state index is 0.203. The van der Waals surface area contributed by atoms with Crippen molar-refractivity contribution >= 4 is 6.03 Å². The van der Waals surface area contributed by atoms with Crippen molar-refractivity contribution in [2.45, 2.75) is 25.5 Å². The van der Waals surface area contributed by atoms with E-state index in [9.17, 15) is 9.90 Å². The van der Waals surface area contributed by atoms with Crippen molar-refractivity contribution in [3.05, 3.63) is 60.1 Å². The van der Waals surface area contributed by atoms with Crippen LogP contribution in [0, 0.1) is 0 Å². The smallest absolute Gasteiger partial charge is 0.317 e. The monoisotopic (exact) mass is 302 g/mol. The molecule has 5 nitrogen and oxygen atoms in total. The molecule has 0 aliphatic rings. The summed E-state index contributed by atoms with van der Waals surface area (Å²) in [6, 6.07) is 12.8. The van der Waals surface area contributed by atoms with Crippen molar-refractivity contribution in [2.24, 2.45) is 0 Å². The number of hydrogen-bond donors (Lipinski definition) is 2. The lowest BCUT2D eigenvalue weighted by molar-refractivity contribution is 0.162. The van der Waals surface area contributed by atoms with Gasteiger partial charge in [0.25, 0.3) is 0 Å². The molecule has 1 aromatic heterocycles. The Morgan fingerprint density at radius 2 is 2.00 bits per heavy atom. The predicted octanol–water partition coefficient (Wildman–Crippen LogP) is 2.78. The van der Waals surface area contributed by atoms with E-state index in [4.69, 9.17) is 4.42 Å². The summed E-state index contributed by atoms with van der Waals surface area (Å²) in [5.74, 6) is 0.684. The lowest BCUT2D eigenvalue weighted by Crippen LogP contribution is -2.40. The normalized spacial score (nSPS) is 13.4. The molecular weight excluding hydrogens is 280 g/mol. The molecule has 118 valence electrons. The average Bonchev–Trinajstić information content (AvgIpc) is 3.04. The molecule has 0 aliphatic heterocycles. The molecule has 2 N–H and O–H groups in total. The van der Waals surface area contributed by atoms with E-state index in [1.807, 2.05) is 36.4 Å². The van der Waals surface area contributed by atoms with Gasteiger partial charge in [-0.25, -0.2) is 4.79 Å². The maximum Gasteiger partial charge on any atom is 0.317 e. The lowest BCUT2D eigenvalue weighted by Gasteiger charge is -2.23. The molecule has 0 bridgehead atoms. The van der Waals surface area contributed by atoms with Crippen LogP contribution in [0.1, 0.15) is 30.7 Å². The molecule has 1 aromatic carbocycles. The molecule has 2 atom stereocenters. The van der Waals surface area contributed by atoms with Crippen LogP contribution < -0.4 is 5.32 Å². The van der Waals surface area contributed by atoms with Crippen molar-refractivity contribution < 1.29 is 14.3 Å². The number of rotatable bonds is 6. The summed E-state index contributed by atoms with van der Waals surface area (Å²) < 4.78 is 5.46. The number of urea groups is 1. The van der Waals surface area contributed by atoms with E-state index in [1.165, 1.54) is 0 Å². The van der Waals surface area contributed by atoms with Gasteiger partial charge in [-0.3, -0.25) is 0 Å². The fourth-order valence-electron chi connectivity index (χ4n) is 2.14. The Bertz CT molecular complexity index is 567. The summed E-state index contributed by atoms with van der Waals surface area (Å²) in [6.45, 7) is 2.20. The summed E-state index contributed by atoms with van der Waals surface area (Å²) in [7, 11) is 1.71. The van der Waals surface area contributed by atoms with Gasteiger partial charge in [-0.2, -0.15) is 0 Å². The summed E-state index contributed by atoms with van der Waals surface area (Å²) in [4.78, 5) is 13.9. The Morgan fingerprint density at radius 1 is 1.27 bits per heavy atom. The fraction of sp³-hybridized carbons (Fsp3) is 0.353. The van der Waals surface area contributed by atoms with Gasteiger partial charge in [0.2, 0.25) is 0 Å². The average molecular weight is 302 g/mol. The zero-order valence-electron chi connectivity index (χ0n) is 12.9. The number of amides is 2. The zero-order valence-corrected chi connectivity index (χ0v) is 12.9. The molecule has 1 heterocycles. The lowest BCUT2D eigenvalue weighted by atomic mass is 10.0. The summed E-state index contributed by atoms with van der Waals surface area (Å²) in [6.07, 6.45) is 1.71. The van der Waals surface area contributed by atoms with Gasteiger partial charge in [-0.1, -0.05) is 30.3 Å². The fourth-order valence-corrected chi connectivity index (χ4v) is 2.14. The summed E-state index contributed by atoms with van der Waals surface area (Å²) in [5.41, 5.74) is 0.953. The van der Waals surface area contributed by atoms with Gasteiger partial charge in [0.05, 0.1) is 12.4 Å². The third kappa shape index (κ3) is 4.36.